The number of halogens is 3. The van der Waals surface area contributed by atoms with Crippen LogP contribution in [0.2, 0.25) is 0 Å². The fourth-order valence-electron chi connectivity index (χ4n) is 4.39. The Bertz CT molecular complexity index is 1640. The highest BCUT2D eigenvalue weighted by molar-refractivity contribution is 6.05. The van der Waals surface area contributed by atoms with E-state index >= 15 is 0 Å². The van der Waals surface area contributed by atoms with Gasteiger partial charge < -0.3 is 15.4 Å². The van der Waals surface area contributed by atoms with Crippen molar-refractivity contribution in [2.45, 2.75) is 53.6 Å². The Hall–Kier alpha value is -4.74. The molecular weight excluding hydrogens is 561 g/mol. The molecule has 2 aromatic carbocycles. The van der Waals surface area contributed by atoms with Crippen LogP contribution in [0.25, 0.3) is 16.9 Å². The Labute approximate surface area is 247 Å². The van der Waals surface area contributed by atoms with Gasteiger partial charge in [-0.05, 0) is 72.7 Å². The lowest BCUT2D eigenvalue weighted by Gasteiger charge is -2.21. The van der Waals surface area contributed by atoms with Crippen molar-refractivity contribution in [2.75, 3.05) is 17.7 Å². The minimum absolute atomic E-state index is 0.0633. The molecule has 0 saturated carbocycles. The lowest BCUT2D eigenvalue weighted by Crippen LogP contribution is -2.16. The summed E-state index contributed by atoms with van der Waals surface area (Å²) in [5, 5.41) is 13.6. The van der Waals surface area contributed by atoms with Crippen LogP contribution in [0.1, 0.15) is 61.2 Å². The van der Waals surface area contributed by atoms with Gasteiger partial charge in [0.05, 0.1) is 30.2 Å². The van der Waals surface area contributed by atoms with Gasteiger partial charge in [-0.15, -0.1) is 5.10 Å². The average Bonchev–Trinajstić information content (AvgIpc) is 3.41. The highest BCUT2D eigenvalue weighted by atomic mass is 19.4. The van der Waals surface area contributed by atoms with Crippen LogP contribution in [-0.2, 0) is 17.4 Å². The second-order valence-electron chi connectivity index (χ2n) is 11.4. The summed E-state index contributed by atoms with van der Waals surface area (Å²) in [7, 11) is 1.37. The number of nitrogens with zero attached hydrogens (tertiary/aromatic N) is 4. The van der Waals surface area contributed by atoms with Gasteiger partial charge in [0.2, 0.25) is 5.91 Å². The number of benzene rings is 2. The van der Waals surface area contributed by atoms with Crippen molar-refractivity contribution in [3.8, 4) is 22.7 Å². The van der Waals surface area contributed by atoms with Crippen LogP contribution in [0.4, 0.5) is 24.7 Å². The molecule has 0 radical (unpaired) electrons. The Morgan fingerprint density at radius 1 is 1.02 bits per heavy atom. The standard InChI is InChI=1S/C31H33F3N6O3/c1-18-7-8-21(14-26(18)40-17-25(38-39-40)22-9-10-27(35-16-22)36-19(2)41)29(42)37-24-15-23(31(32,33)34)13-20(28(24)43-6)11-12-30(3,4)5/h7-10,13-17H,11-12H2,1-6H3,(H,37,42)(H,35,36,41). The number of ether oxygens (including phenoxy) is 1. The number of anilines is 2. The summed E-state index contributed by atoms with van der Waals surface area (Å²) in [4.78, 5) is 28.8. The number of aryl methyl sites for hydroxylation is 2. The molecule has 4 aromatic rings. The molecule has 43 heavy (non-hydrogen) atoms. The molecule has 9 nitrogen and oxygen atoms in total. The number of methoxy groups -OCH3 is 1. The lowest BCUT2D eigenvalue weighted by atomic mass is 9.88. The summed E-state index contributed by atoms with van der Waals surface area (Å²) in [6.45, 7) is 9.23. The van der Waals surface area contributed by atoms with Crippen molar-refractivity contribution in [1.82, 2.24) is 20.0 Å². The van der Waals surface area contributed by atoms with Crippen molar-refractivity contribution in [3.63, 3.8) is 0 Å². The molecule has 2 amide bonds. The molecule has 0 bridgehead atoms. The smallest absolute Gasteiger partial charge is 0.416 e. The molecule has 0 spiro atoms. The van der Waals surface area contributed by atoms with E-state index in [4.69, 9.17) is 4.74 Å². The van der Waals surface area contributed by atoms with Gasteiger partial charge in [-0.3, -0.25) is 9.59 Å². The predicted octanol–water partition coefficient (Wildman–Crippen LogP) is 6.85. The van der Waals surface area contributed by atoms with E-state index in [1.165, 1.54) is 18.7 Å². The zero-order valence-electron chi connectivity index (χ0n) is 24.8. The number of alkyl halides is 3. The molecule has 2 heterocycles. The zero-order chi connectivity index (χ0) is 31.5. The molecule has 0 unspecified atom stereocenters. The summed E-state index contributed by atoms with van der Waals surface area (Å²) in [5.74, 6) is -0.259. The van der Waals surface area contributed by atoms with E-state index in [0.717, 1.165) is 17.7 Å². The Morgan fingerprint density at radius 3 is 2.37 bits per heavy atom. The van der Waals surface area contributed by atoms with Crippen LogP contribution in [0.3, 0.4) is 0 Å². The highest BCUT2D eigenvalue weighted by Gasteiger charge is 2.33. The molecule has 12 heteroatoms. The number of amides is 2. The van der Waals surface area contributed by atoms with Crippen molar-refractivity contribution >= 4 is 23.3 Å². The van der Waals surface area contributed by atoms with Crippen LogP contribution < -0.4 is 15.4 Å². The van der Waals surface area contributed by atoms with Crippen molar-refractivity contribution in [3.05, 3.63) is 77.1 Å². The maximum absolute atomic E-state index is 13.8. The predicted molar refractivity (Wildman–Crippen MR) is 157 cm³/mol. The second kappa shape index (κ2) is 12.2. The molecule has 226 valence electrons. The van der Waals surface area contributed by atoms with Gasteiger partial charge in [-0.2, -0.15) is 13.2 Å². The van der Waals surface area contributed by atoms with Gasteiger partial charge in [0.15, 0.2) is 0 Å². The fourth-order valence-corrected chi connectivity index (χ4v) is 4.39. The topological polar surface area (TPSA) is 111 Å². The molecule has 0 aliphatic rings. The molecule has 0 atom stereocenters. The van der Waals surface area contributed by atoms with Crippen molar-refractivity contribution in [1.29, 1.82) is 0 Å². The van der Waals surface area contributed by atoms with E-state index < -0.39 is 17.6 Å². The van der Waals surface area contributed by atoms with Gasteiger partial charge in [-0.25, -0.2) is 9.67 Å². The van der Waals surface area contributed by atoms with Gasteiger partial charge in [0.1, 0.15) is 17.3 Å². The second-order valence-corrected chi connectivity index (χ2v) is 11.4. The maximum Gasteiger partial charge on any atom is 0.416 e. The first-order valence-corrected chi connectivity index (χ1v) is 13.5. The molecule has 0 aliphatic carbocycles. The number of hydrogen-bond donors (Lipinski definition) is 2. The Kier molecular flexibility index (Phi) is 8.88. The molecular formula is C31H33F3N6O3. The number of rotatable bonds is 8. The van der Waals surface area contributed by atoms with Gasteiger partial charge in [0, 0.05) is 24.2 Å². The third-order valence-corrected chi connectivity index (χ3v) is 6.66. The first-order valence-electron chi connectivity index (χ1n) is 13.5. The van der Waals surface area contributed by atoms with Crippen LogP contribution in [-0.4, -0.2) is 38.9 Å². The summed E-state index contributed by atoms with van der Waals surface area (Å²) < 4.78 is 48.4. The zero-order valence-corrected chi connectivity index (χ0v) is 24.8. The first kappa shape index (κ1) is 31.2. The maximum atomic E-state index is 13.8. The Balaban J connectivity index is 1.63. The highest BCUT2D eigenvalue weighted by Crippen LogP contribution is 2.39. The number of hydrogen-bond acceptors (Lipinski definition) is 6. The molecule has 2 N–H and O–H groups in total. The van der Waals surface area contributed by atoms with E-state index in [1.807, 2.05) is 27.7 Å². The van der Waals surface area contributed by atoms with Crippen LogP contribution >= 0.6 is 0 Å². The third-order valence-electron chi connectivity index (χ3n) is 6.66. The number of carbonyl (C=O) groups is 2. The fraction of sp³-hybridized carbons (Fsp3) is 0.323. The van der Waals surface area contributed by atoms with Crippen molar-refractivity contribution in [2.24, 2.45) is 5.41 Å². The van der Waals surface area contributed by atoms with Gasteiger partial charge in [-0.1, -0.05) is 32.1 Å². The van der Waals surface area contributed by atoms with E-state index in [1.54, 1.807) is 42.7 Å². The average molecular weight is 595 g/mol. The number of carbonyl (C=O) groups excluding carboxylic acids is 2. The number of nitrogens with one attached hydrogen (secondary N) is 2. The molecule has 0 saturated heterocycles. The minimum Gasteiger partial charge on any atom is -0.494 e. The third kappa shape index (κ3) is 7.76. The minimum atomic E-state index is -4.61. The van der Waals surface area contributed by atoms with Crippen molar-refractivity contribution < 1.29 is 27.5 Å². The summed E-state index contributed by atoms with van der Waals surface area (Å²) in [6, 6.07) is 10.2. The summed E-state index contributed by atoms with van der Waals surface area (Å²) in [5.41, 5.74) is 2.02. The van der Waals surface area contributed by atoms with Gasteiger partial charge in [0.25, 0.3) is 5.91 Å². The van der Waals surface area contributed by atoms with E-state index in [-0.39, 0.29) is 28.3 Å². The SMILES string of the molecule is COc1c(CCC(C)(C)C)cc(C(F)(F)F)cc1NC(=O)c1ccc(C)c(-n2cc(-c3ccc(NC(C)=O)nc3)nn2)c1. The summed E-state index contributed by atoms with van der Waals surface area (Å²) in [6.07, 6.45) is -0.433. The van der Waals surface area contributed by atoms with Crippen LogP contribution in [0, 0.1) is 12.3 Å². The number of pyridine rings is 1. The van der Waals surface area contributed by atoms with E-state index in [0.29, 0.717) is 41.2 Å². The number of aromatic nitrogens is 4. The molecule has 0 aliphatic heterocycles. The van der Waals surface area contributed by atoms with Crippen LogP contribution in [0.15, 0.2) is 54.9 Å². The monoisotopic (exact) mass is 594 g/mol. The Morgan fingerprint density at radius 2 is 1.77 bits per heavy atom. The molecule has 0 fully saturated rings. The molecule has 4 rings (SSSR count). The van der Waals surface area contributed by atoms with E-state index in [9.17, 15) is 22.8 Å². The van der Waals surface area contributed by atoms with Crippen LogP contribution in [0.5, 0.6) is 5.75 Å². The summed E-state index contributed by atoms with van der Waals surface area (Å²) >= 11 is 0. The molecule has 2 aromatic heterocycles. The van der Waals surface area contributed by atoms with E-state index in [2.05, 4.69) is 25.9 Å². The normalized spacial score (nSPS) is 11.7. The quantitative estimate of drug-likeness (QED) is 0.231. The lowest BCUT2D eigenvalue weighted by molar-refractivity contribution is -0.137. The van der Waals surface area contributed by atoms with Gasteiger partial charge >= 0.3 is 6.18 Å². The largest absolute Gasteiger partial charge is 0.494 e. The first-order chi connectivity index (χ1) is 20.1.